The van der Waals surface area contributed by atoms with Crippen molar-refractivity contribution in [2.24, 2.45) is 0 Å². The molecule has 0 bridgehead atoms. The number of aliphatic hydroxyl groups excluding tert-OH is 2. The third kappa shape index (κ3) is 52.9. The number of hydrogen-bond donors (Lipinski definition) is 5. The topological polar surface area (TPSA) is 112 Å². The Morgan fingerprint density at radius 1 is 0.600 bits per heavy atom. The summed E-state index contributed by atoms with van der Waals surface area (Å²) in [5.41, 5.74) is 2.34. The fraction of sp³-hybridized carbons (Fsp3) is 0.410. The molecule has 1 aromatic heterocycles. The third-order valence-electron chi connectivity index (χ3n) is 6.89. The lowest BCUT2D eigenvalue weighted by molar-refractivity contribution is -0.121. The van der Waals surface area contributed by atoms with Gasteiger partial charge in [0.2, 0.25) is 11.8 Å². The van der Waals surface area contributed by atoms with Gasteiger partial charge in [0.1, 0.15) is 5.03 Å². The number of benzene rings is 2. The second kappa shape index (κ2) is 55.3. The van der Waals surface area contributed by atoms with Crippen molar-refractivity contribution in [3.8, 4) is 24.7 Å². The van der Waals surface area contributed by atoms with Crippen LogP contribution < -0.4 is 10.6 Å². The smallest absolute Gasteiger partial charge is 0.220 e. The number of aliphatic hydroxyl groups is 2. The summed E-state index contributed by atoms with van der Waals surface area (Å²) in [6, 6.07) is 22.1. The van der Waals surface area contributed by atoms with Crippen molar-refractivity contribution in [2.45, 2.75) is 90.5 Å². The second-order valence-corrected chi connectivity index (χ2v) is 42.4. The molecule has 0 aliphatic rings. The molecule has 0 unspecified atom stereocenters. The molecule has 4 N–H and O–H groups in total. The normalized spacial score (nSPS) is 9.44. The quantitative estimate of drug-likeness (QED) is 0.0484. The molecule has 31 heteroatoms. The van der Waals surface area contributed by atoms with Crippen LogP contribution in [0.3, 0.4) is 0 Å². The highest BCUT2D eigenvalue weighted by Crippen LogP contribution is 2.44. The van der Waals surface area contributed by atoms with E-state index in [1.54, 1.807) is 112 Å². The molecular formula is C39H51N3O4S24. The molecule has 0 spiro atoms. The minimum absolute atomic E-state index is 0.00249. The highest BCUT2D eigenvalue weighted by atomic mass is 33.4. The number of nitrogens with zero attached hydrogens (tertiary/aromatic N) is 1. The van der Waals surface area contributed by atoms with Crippen molar-refractivity contribution in [3.63, 3.8) is 0 Å². The number of pyridine rings is 1. The maximum Gasteiger partial charge on any atom is 0.220 e. The van der Waals surface area contributed by atoms with Gasteiger partial charge in [0.25, 0.3) is 0 Å². The van der Waals surface area contributed by atoms with Gasteiger partial charge in [0.15, 0.2) is 0 Å². The van der Waals surface area contributed by atoms with Gasteiger partial charge in [-0.2, -0.15) is 12.6 Å². The first kappa shape index (κ1) is 75.7. The molecule has 390 valence electrons. The van der Waals surface area contributed by atoms with Crippen molar-refractivity contribution >= 4 is 250 Å². The van der Waals surface area contributed by atoms with Gasteiger partial charge in [-0.3, -0.25) is 9.59 Å². The van der Waals surface area contributed by atoms with Crippen LogP contribution in [0.15, 0.2) is 87.7 Å². The summed E-state index contributed by atoms with van der Waals surface area (Å²) in [7, 11) is 25.6. The molecule has 2 aromatic carbocycles. The van der Waals surface area contributed by atoms with E-state index in [0.29, 0.717) is 32.2 Å². The molecule has 0 radical (unpaired) electrons. The predicted octanol–water partition coefficient (Wildman–Crippen LogP) is 7.86. The number of carbonyl (C=O) groups excluding carboxylic acids is 2. The summed E-state index contributed by atoms with van der Waals surface area (Å²) in [6.45, 7) is 9.16. The van der Waals surface area contributed by atoms with Crippen molar-refractivity contribution in [1.29, 1.82) is 0 Å². The Labute approximate surface area is 503 Å². The van der Waals surface area contributed by atoms with Gasteiger partial charge in [-0.15, -0.1) is 12.8 Å². The fourth-order valence-electron chi connectivity index (χ4n) is 3.90. The molecule has 0 atom stereocenters. The first-order valence-corrected chi connectivity index (χ1v) is 45.2. The molecule has 2 amide bonds. The van der Waals surface area contributed by atoms with Crippen LogP contribution in [0.1, 0.15) is 64.5 Å². The Hall–Kier alpha value is 1.50. The number of rotatable bonds is 18. The van der Waals surface area contributed by atoms with Crippen LogP contribution in [0.25, 0.3) is 0 Å². The Bertz CT molecular complexity index is 2570. The first-order chi connectivity index (χ1) is 33.6. The van der Waals surface area contributed by atoms with Crippen LogP contribution in [0.2, 0.25) is 0 Å². The van der Waals surface area contributed by atoms with Crippen molar-refractivity contribution in [1.82, 2.24) is 15.6 Å². The van der Waals surface area contributed by atoms with Gasteiger partial charge in [-0.25, -0.2) is 4.98 Å². The maximum absolute atomic E-state index is 11.6. The van der Waals surface area contributed by atoms with Crippen LogP contribution in [0.4, 0.5) is 0 Å². The molecule has 0 saturated heterocycles. The van der Waals surface area contributed by atoms with Gasteiger partial charge in [-0.05, 0) is 85.7 Å². The Kier molecular flexibility index (Phi) is 59.8. The van der Waals surface area contributed by atoms with E-state index in [0.717, 1.165) is 23.4 Å². The Balaban J connectivity index is -0.000000832. The number of amides is 2. The van der Waals surface area contributed by atoms with E-state index in [9.17, 15) is 9.59 Å². The molecule has 70 heavy (non-hydrogen) atoms. The first-order valence-electron chi connectivity index (χ1n) is 19.1. The van der Waals surface area contributed by atoms with E-state index >= 15 is 0 Å². The van der Waals surface area contributed by atoms with E-state index < -0.39 is 0 Å². The monoisotopic (exact) mass is 1390 g/mol. The number of hydrogen-bond acceptors (Lipinski definition) is 16. The fourth-order valence-corrected chi connectivity index (χ4v) is 27.9. The number of nitrogens with one attached hydrogen (secondary N) is 2. The highest BCUT2D eigenvalue weighted by molar-refractivity contribution is 8.77. The van der Waals surface area contributed by atoms with E-state index in [2.05, 4.69) is 139 Å². The largest absolute Gasteiger partial charge is 0.396 e. The van der Waals surface area contributed by atoms with Crippen LogP contribution in [0.5, 0.6) is 0 Å². The zero-order valence-electron chi connectivity index (χ0n) is 37.6. The maximum atomic E-state index is 11.6. The van der Waals surface area contributed by atoms with Crippen LogP contribution in [-0.4, -0.2) is 62.8 Å². The molecule has 3 aromatic rings. The van der Waals surface area contributed by atoms with Crippen LogP contribution in [-0.2, 0) is 205 Å². The van der Waals surface area contributed by atoms with E-state index in [1.807, 2.05) is 62.4 Å². The van der Waals surface area contributed by atoms with Crippen molar-refractivity contribution in [2.75, 3.05) is 26.3 Å². The number of thiol groups is 1. The van der Waals surface area contributed by atoms with E-state index in [-0.39, 0.29) is 41.1 Å². The average molecular weight is 1400 g/mol. The van der Waals surface area contributed by atoms with E-state index in [4.69, 9.17) is 23.1 Å². The Morgan fingerprint density at radius 3 is 1.40 bits per heavy atom. The van der Waals surface area contributed by atoms with Gasteiger partial charge >= 0.3 is 0 Å². The van der Waals surface area contributed by atoms with Crippen molar-refractivity contribution < 1.29 is 19.8 Å². The summed E-state index contributed by atoms with van der Waals surface area (Å²) in [6.07, 6.45) is 15.8. The number of carbonyl (C=O) groups is 2. The summed E-state index contributed by atoms with van der Waals surface area (Å²) in [4.78, 5) is 29.2. The highest BCUT2D eigenvalue weighted by Gasteiger charge is 2.21. The Morgan fingerprint density at radius 2 is 1.01 bits per heavy atom. The summed E-state index contributed by atoms with van der Waals surface area (Å²) in [5.74, 6) is 4.74. The summed E-state index contributed by atoms with van der Waals surface area (Å²) in [5, 5.41) is 24.4. The van der Waals surface area contributed by atoms with Gasteiger partial charge in [-0.1, -0.05) is 101 Å². The predicted molar refractivity (Wildman–Crippen MR) is 363 cm³/mol. The molecule has 0 saturated carbocycles. The van der Waals surface area contributed by atoms with Gasteiger partial charge in [0, 0.05) is 234 Å². The lowest BCUT2D eigenvalue weighted by Crippen LogP contribution is -2.26. The SMILES string of the molecule is C#CCNC(=O)CCC(C)(C)S.C#CCNC(=O)CCC(C)(C)SSc1ccccc1CCO.OCCc1ccccc1SSc1ccccn1.S=S=S=S.S=S=S=S=S=S=S.S=S=S=S=S=S=S=S. The molecule has 7 nitrogen and oxygen atoms in total. The summed E-state index contributed by atoms with van der Waals surface area (Å²) < 4.78 is -0.113. The third-order valence-corrected chi connectivity index (χ3v) is 35.2. The average Bonchev–Trinajstić information content (AvgIpc) is 3.36. The van der Waals surface area contributed by atoms with Gasteiger partial charge < -0.3 is 20.8 Å². The molecule has 0 aliphatic carbocycles. The molecular weight excluding hydrogens is 1340 g/mol. The number of aromatic nitrogens is 1. The lowest BCUT2D eigenvalue weighted by Gasteiger charge is -2.23. The van der Waals surface area contributed by atoms with Crippen molar-refractivity contribution in [3.05, 3.63) is 84.1 Å². The molecule has 3 rings (SSSR count). The lowest BCUT2D eigenvalue weighted by atomic mass is 10.1. The number of terminal acetylenes is 2. The minimum atomic E-state index is -0.0898. The molecule has 0 fully saturated rings. The van der Waals surface area contributed by atoms with E-state index in [1.165, 1.54) is 68.6 Å². The zero-order valence-corrected chi connectivity index (χ0v) is 57.3. The second-order valence-electron chi connectivity index (χ2n) is 13.1. The van der Waals surface area contributed by atoms with Gasteiger partial charge in [0.05, 0.1) is 13.1 Å². The minimum Gasteiger partial charge on any atom is -0.396 e. The summed E-state index contributed by atoms with van der Waals surface area (Å²) >= 11 is 31.3. The molecule has 0 aliphatic heterocycles. The zero-order chi connectivity index (χ0) is 53.2. The van der Waals surface area contributed by atoms with Crippen LogP contribution in [0, 0.1) is 24.7 Å². The molecule has 1 heterocycles. The standard InChI is InChI=1S/C17H23NO2S2.C13H13NOS2.C9H15NOS.S8.S7.S4/c1-4-12-18-16(20)9-11-17(2,3)22-21-15-8-6-5-7-14(15)10-13-19;15-10-8-11-5-1-2-6-12(11)16-17-13-7-3-4-9-14-13;1-4-7-10-8(11)5-6-9(2,3)12;1-3-5-7-8-6-4-2;1-3-5-7-6-4-2;1-3-4-2/h1,5-8,19H,9-13H2,2-3H3,(H,18,20);1-7,9,15H,8,10H2;1,12H,5-7H2,2-3H3,(H,10,11);;;. The van der Waals surface area contributed by atoms with Crippen LogP contribution >= 0.6 is 55.8 Å².